The molecule has 1 fully saturated rings. The van der Waals surface area contributed by atoms with Gasteiger partial charge in [0.05, 0.1) is 36.7 Å². The van der Waals surface area contributed by atoms with E-state index in [9.17, 15) is 19.2 Å². The van der Waals surface area contributed by atoms with E-state index in [0.29, 0.717) is 24.2 Å². The molecule has 0 spiro atoms. The van der Waals surface area contributed by atoms with E-state index in [4.69, 9.17) is 14.2 Å². The molecular weight excluding hydrogens is 545 g/mol. The van der Waals surface area contributed by atoms with Crippen molar-refractivity contribution in [2.45, 2.75) is 45.8 Å². The number of rotatable bonds is 7. The molecule has 14 heteroatoms. The van der Waals surface area contributed by atoms with Crippen LogP contribution in [0, 0.1) is 5.82 Å². The van der Waals surface area contributed by atoms with Crippen LogP contribution in [0.5, 0.6) is 0 Å². The molecule has 0 aliphatic carbocycles. The minimum Gasteiger partial charge on any atom is -0.456 e. The molecule has 0 radical (unpaired) electrons. The van der Waals surface area contributed by atoms with Crippen molar-refractivity contribution in [3.8, 4) is 0 Å². The van der Waals surface area contributed by atoms with E-state index in [1.54, 1.807) is 39.0 Å². The lowest BCUT2D eigenvalue weighted by molar-refractivity contribution is -0.150. The van der Waals surface area contributed by atoms with Crippen LogP contribution in [0.4, 0.5) is 25.5 Å². The first kappa shape index (κ1) is 28.9. The number of carbonyl (C=O) groups excluding carboxylic acids is 4. The number of anilines is 2. The highest BCUT2D eigenvalue weighted by molar-refractivity contribution is 6.99. The average Bonchev–Trinajstić information content (AvgIpc) is 3.54. The van der Waals surface area contributed by atoms with Gasteiger partial charge in [0.15, 0.2) is 12.4 Å². The summed E-state index contributed by atoms with van der Waals surface area (Å²) in [5, 5.41) is 0. The van der Waals surface area contributed by atoms with Crippen LogP contribution in [0.25, 0.3) is 5.57 Å². The van der Waals surface area contributed by atoms with Gasteiger partial charge in [0.1, 0.15) is 17.5 Å². The van der Waals surface area contributed by atoms with Gasteiger partial charge < -0.3 is 19.1 Å². The molecule has 1 aromatic heterocycles. The Hall–Kier alpha value is -4.07. The van der Waals surface area contributed by atoms with Gasteiger partial charge in [-0.15, -0.1) is 0 Å². The SMILES string of the molecule is CC(=O)OCC(=O)N1CC=C(c2ccc(N3C[C@H](CN(C(=O)OC(C)(C)C)c4cnsn4)OC3=O)cc2F)CC1. The van der Waals surface area contributed by atoms with E-state index in [2.05, 4.69) is 8.75 Å². The van der Waals surface area contributed by atoms with Gasteiger partial charge in [0, 0.05) is 25.6 Å². The van der Waals surface area contributed by atoms with Crippen LogP contribution in [-0.4, -0.2) is 82.2 Å². The molecule has 1 atom stereocenters. The topological polar surface area (TPSA) is 131 Å². The Balaban J connectivity index is 1.42. The molecule has 3 amide bonds. The van der Waals surface area contributed by atoms with Crippen molar-refractivity contribution in [2.75, 3.05) is 42.6 Å². The standard InChI is InChI=1S/C26H30FN5O7S/c1-16(33)37-15-23(34)30-9-7-17(8-10-30)20-6-5-18(11-21(20)27)31-13-19(38-24(31)35)14-32(22-12-28-40-29-22)25(36)39-26(2,3)4/h5-7,11-12,19H,8-10,13-15H2,1-4H3/t19-/m1/s1. The molecule has 12 nitrogen and oxygen atoms in total. The lowest BCUT2D eigenvalue weighted by Gasteiger charge is -2.27. The Morgan fingerprint density at radius 2 is 2.05 bits per heavy atom. The van der Waals surface area contributed by atoms with E-state index >= 15 is 4.39 Å². The highest BCUT2D eigenvalue weighted by Gasteiger charge is 2.37. The van der Waals surface area contributed by atoms with Gasteiger partial charge in [-0.3, -0.25) is 19.4 Å². The lowest BCUT2D eigenvalue weighted by atomic mass is 9.98. The van der Waals surface area contributed by atoms with Crippen molar-refractivity contribution < 1.29 is 37.8 Å². The van der Waals surface area contributed by atoms with Crippen LogP contribution in [0.3, 0.4) is 0 Å². The zero-order valence-electron chi connectivity index (χ0n) is 22.6. The van der Waals surface area contributed by atoms with Gasteiger partial charge in [0.2, 0.25) is 0 Å². The fraction of sp³-hybridized carbons (Fsp3) is 0.462. The molecule has 3 heterocycles. The van der Waals surface area contributed by atoms with E-state index < -0.39 is 35.7 Å². The van der Waals surface area contributed by atoms with Crippen LogP contribution in [0.2, 0.25) is 0 Å². The zero-order chi connectivity index (χ0) is 29.0. The predicted molar refractivity (Wildman–Crippen MR) is 143 cm³/mol. The Morgan fingerprint density at radius 3 is 2.65 bits per heavy atom. The van der Waals surface area contributed by atoms with Crippen molar-refractivity contribution in [1.82, 2.24) is 13.6 Å². The number of carbonyl (C=O) groups is 4. The highest BCUT2D eigenvalue weighted by Crippen LogP contribution is 2.30. The van der Waals surface area contributed by atoms with Crippen LogP contribution < -0.4 is 9.80 Å². The minimum atomic E-state index is -0.748. The Bertz CT molecular complexity index is 1310. The number of cyclic esters (lactones) is 1. The summed E-state index contributed by atoms with van der Waals surface area (Å²) in [5.41, 5.74) is 0.656. The number of benzene rings is 1. The fourth-order valence-corrected chi connectivity index (χ4v) is 4.63. The second kappa shape index (κ2) is 12.0. The van der Waals surface area contributed by atoms with Gasteiger partial charge in [0.25, 0.3) is 5.91 Å². The molecule has 4 rings (SSSR count). The van der Waals surface area contributed by atoms with Crippen molar-refractivity contribution in [3.63, 3.8) is 0 Å². The predicted octanol–water partition coefficient (Wildman–Crippen LogP) is 3.62. The van der Waals surface area contributed by atoms with Crippen molar-refractivity contribution >= 4 is 52.9 Å². The maximum Gasteiger partial charge on any atom is 0.416 e. The fourth-order valence-electron chi connectivity index (χ4n) is 4.22. The smallest absolute Gasteiger partial charge is 0.416 e. The van der Waals surface area contributed by atoms with Gasteiger partial charge >= 0.3 is 18.2 Å². The van der Waals surface area contributed by atoms with Gasteiger partial charge in [-0.2, -0.15) is 8.75 Å². The molecule has 2 aliphatic rings. The Kier molecular flexibility index (Phi) is 8.67. The summed E-state index contributed by atoms with van der Waals surface area (Å²) in [5.74, 6) is -1.10. The molecule has 0 N–H and O–H groups in total. The van der Waals surface area contributed by atoms with E-state index in [-0.39, 0.29) is 38.0 Å². The lowest BCUT2D eigenvalue weighted by Crippen LogP contribution is -2.42. The second-order valence-electron chi connectivity index (χ2n) is 10.2. The third-order valence-corrected chi connectivity index (χ3v) is 6.54. The van der Waals surface area contributed by atoms with E-state index in [1.807, 2.05) is 0 Å². The average molecular weight is 576 g/mol. The molecule has 2 aliphatic heterocycles. The highest BCUT2D eigenvalue weighted by atomic mass is 32.1. The van der Waals surface area contributed by atoms with E-state index in [1.165, 1.54) is 33.9 Å². The zero-order valence-corrected chi connectivity index (χ0v) is 23.4. The number of halogens is 1. The summed E-state index contributed by atoms with van der Waals surface area (Å²) in [6, 6.07) is 4.46. The normalized spacial score (nSPS) is 17.3. The Labute approximate surface area is 234 Å². The van der Waals surface area contributed by atoms with Crippen molar-refractivity contribution in [2.24, 2.45) is 0 Å². The quantitative estimate of drug-likeness (QED) is 0.359. The number of esters is 1. The first-order valence-corrected chi connectivity index (χ1v) is 13.3. The second-order valence-corrected chi connectivity index (χ2v) is 10.8. The van der Waals surface area contributed by atoms with Crippen LogP contribution in [0.1, 0.15) is 39.7 Å². The van der Waals surface area contributed by atoms with Crippen LogP contribution in [0.15, 0.2) is 30.5 Å². The molecule has 0 bridgehead atoms. The molecule has 0 unspecified atom stereocenters. The first-order chi connectivity index (χ1) is 18.9. The monoisotopic (exact) mass is 575 g/mol. The van der Waals surface area contributed by atoms with Crippen molar-refractivity contribution in [3.05, 3.63) is 41.9 Å². The summed E-state index contributed by atoms with van der Waals surface area (Å²) in [6.45, 7) is 6.79. The summed E-state index contributed by atoms with van der Waals surface area (Å²) in [4.78, 5) is 52.7. The maximum atomic E-state index is 15.2. The van der Waals surface area contributed by atoms with Crippen LogP contribution >= 0.6 is 11.7 Å². The summed E-state index contributed by atoms with van der Waals surface area (Å²) in [7, 11) is 0. The van der Waals surface area contributed by atoms with Gasteiger partial charge in [-0.25, -0.2) is 14.0 Å². The molecular formula is C26H30FN5O7S. The third-order valence-electron chi connectivity index (χ3n) is 6.07. The number of nitrogens with zero attached hydrogens (tertiary/aromatic N) is 5. The molecule has 2 aromatic rings. The summed E-state index contributed by atoms with van der Waals surface area (Å²) < 4.78 is 38.9. The Morgan fingerprint density at radius 1 is 1.27 bits per heavy atom. The molecule has 214 valence electrons. The molecule has 1 saturated heterocycles. The third kappa shape index (κ3) is 7.11. The largest absolute Gasteiger partial charge is 0.456 e. The summed E-state index contributed by atoms with van der Waals surface area (Å²) in [6.07, 6.45) is 1.55. The van der Waals surface area contributed by atoms with Crippen LogP contribution in [-0.2, 0) is 23.8 Å². The van der Waals surface area contributed by atoms with Gasteiger partial charge in [-0.05, 0) is 51.0 Å². The number of hydrogen-bond donors (Lipinski definition) is 0. The first-order valence-electron chi connectivity index (χ1n) is 12.6. The maximum absolute atomic E-state index is 15.2. The van der Waals surface area contributed by atoms with Gasteiger partial charge in [-0.1, -0.05) is 6.08 Å². The number of ether oxygens (including phenoxy) is 3. The summed E-state index contributed by atoms with van der Waals surface area (Å²) >= 11 is 0.927. The molecule has 1 aromatic carbocycles. The van der Waals surface area contributed by atoms with Crippen molar-refractivity contribution in [1.29, 1.82) is 0 Å². The van der Waals surface area contributed by atoms with E-state index in [0.717, 1.165) is 17.3 Å². The number of hydrogen-bond acceptors (Lipinski definition) is 10. The molecule has 40 heavy (non-hydrogen) atoms. The molecule has 0 saturated carbocycles. The number of aromatic nitrogens is 2. The minimum absolute atomic E-state index is 0.0251. The number of amides is 3.